The first kappa shape index (κ1) is 13.5. The summed E-state index contributed by atoms with van der Waals surface area (Å²) in [7, 11) is 0. The third-order valence-electron chi connectivity index (χ3n) is 2.88. The quantitative estimate of drug-likeness (QED) is 0.618. The molecule has 2 rings (SSSR count). The molecule has 1 aromatic rings. The fraction of sp³-hybridized carbons (Fsp3) is 0.545. The van der Waals surface area contributed by atoms with Gasteiger partial charge >= 0.3 is 0 Å². The van der Waals surface area contributed by atoms with E-state index < -0.39 is 12.0 Å². The van der Waals surface area contributed by atoms with Crippen LogP contribution in [0.25, 0.3) is 0 Å². The molecule has 1 aliphatic heterocycles. The van der Waals surface area contributed by atoms with Crippen molar-refractivity contribution in [2.75, 3.05) is 11.9 Å². The number of primary amides is 1. The number of hydrogen-bond acceptors (Lipinski definition) is 5. The number of nitrogens with two attached hydrogens (primary N) is 2. The van der Waals surface area contributed by atoms with E-state index in [2.05, 4.69) is 10.4 Å². The highest BCUT2D eigenvalue weighted by molar-refractivity contribution is 5.94. The fourth-order valence-corrected chi connectivity index (χ4v) is 1.97. The number of carbonyl (C=O) groups is 2. The molecule has 2 atom stereocenters. The highest BCUT2D eigenvalue weighted by atomic mass is 16.5. The minimum atomic E-state index is -0.495. The van der Waals surface area contributed by atoms with Gasteiger partial charge in [-0.1, -0.05) is 0 Å². The molecule has 0 saturated carbocycles. The van der Waals surface area contributed by atoms with Crippen LogP contribution in [0, 0.1) is 0 Å². The molecular weight excluding hydrogens is 250 g/mol. The number of carbonyl (C=O) groups excluding carboxylic acids is 2. The standard InChI is InChI=1S/C11H17N5O3/c12-3-8-1-2-9(19-8)11(18)15-7-4-14-16(5-7)6-10(13)17/h4-5,8-9H,1-3,6,12H2,(H2,13,17)(H,15,18). The zero-order chi connectivity index (χ0) is 13.8. The molecule has 2 unspecified atom stereocenters. The van der Waals surface area contributed by atoms with Crippen molar-refractivity contribution < 1.29 is 14.3 Å². The Kier molecular flexibility index (Phi) is 4.13. The van der Waals surface area contributed by atoms with Crippen molar-refractivity contribution in [1.29, 1.82) is 0 Å². The Labute approximate surface area is 110 Å². The predicted octanol–water partition coefficient (Wildman–Crippen LogP) is -1.19. The van der Waals surface area contributed by atoms with Crippen molar-refractivity contribution in [3.63, 3.8) is 0 Å². The molecule has 8 nitrogen and oxygen atoms in total. The van der Waals surface area contributed by atoms with Crippen LogP contribution in [-0.2, 0) is 20.9 Å². The van der Waals surface area contributed by atoms with Gasteiger partial charge in [0.15, 0.2) is 0 Å². The molecule has 0 aromatic carbocycles. The number of hydrogen-bond donors (Lipinski definition) is 3. The summed E-state index contributed by atoms with van der Waals surface area (Å²) in [6.07, 6.45) is 3.91. The molecule has 1 saturated heterocycles. The number of ether oxygens (including phenoxy) is 1. The third-order valence-corrected chi connectivity index (χ3v) is 2.88. The van der Waals surface area contributed by atoms with Gasteiger partial charge in [-0.25, -0.2) is 0 Å². The van der Waals surface area contributed by atoms with Crippen LogP contribution in [0.1, 0.15) is 12.8 Å². The molecule has 104 valence electrons. The van der Waals surface area contributed by atoms with Crippen LogP contribution in [0.5, 0.6) is 0 Å². The van der Waals surface area contributed by atoms with Gasteiger partial charge in [0.2, 0.25) is 5.91 Å². The van der Waals surface area contributed by atoms with E-state index >= 15 is 0 Å². The summed E-state index contributed by atoms with van der Waals surface area (Å²) in [5.41, 5.74) is 11.0. The Morgan fingerprint density at radius 2 is 2.32 bits per heavy atom. The van der Waals surface area contributed by atoms with E-state index in [0.717, 1.165) is 6.42 Å². The highest BCUT2D eigenvalue weighted by Gasteiger charge is 2.29. The molecule has 8 heteroatoms. The van der Waals surface area contributed by atoms with Crippen molar-refractivity contribution in [2.24, 2.45) is 11.5 Å². The van der Waals surface area contributed by atoms with Crippen molar-refractivity contribution in [3.8, 4) is 0 Å². The average Bonchev–Trinajstić information content (AvgIpc) is 2.97. The fourth-order valence-electron chi connectivity index (χ4n) is 1.97. The second-order valence-corrected chi connectivity index (χ2v) is 4.44. The van der Waals surface area contributed by atoms with E-state index in [9.17, 15) is 9.59 Å². The molecule has 19 heavy (non-hydrogen) atoms. The molecular formula is C11H17N5O3. The molecule has 2 heterocycles. The Morgan fingerprint density at radius 3 is 2.95 bits per heavy atom. The lowest BCUT2D eigenvalue weighted by molar-refractivity contribution is -0.126. The van der Waals surface area contributed by atoms with Crippen LogP contribution >= 0.6 is 0 Å². The van der Waals surface area contributed by atoms with E-state index in [0.29, 0.717) is 18.7 Å². The largest absolute Gasteiger partial charge is 0.368 e. The van der Waals surface area contributed by atoms with Crippen LogP contribution in [0.15, 0.2) is 12.4 Å². The maximum absolute atomic E-state index is 11.9. The lowest BCUT2D eigenvalue weighted by Crippen LogP contribution is -2.29. The summed E-state index contributed by atoms with van der Waals surface area (Å²) in [6, 6.07) is 0. The summed E-state index contributed by atoms with van der Waals surface area (Å²) < 4.78 is 6.83. The highest BCUT2D eigenvalue weighted by Crippen LogP contribution is 2.20. The zero-order valence-corrected chi connectivity index (χ0v) is 10.4. The molecule has 1 aliphatic rings. The summed E-state index contributed by atoms with van der Waals surface area (Å²) >= 11 is 0. The number of amides is 2. The predicted molar refractivity (Wildman–Crippen MR) is 67.0 cm³/mol. The molecule has 0 radical (unpaired) electrons. The van der Waals surface area contributed by atoms with Crippen LogP contribution < -0.4 is 16.8 Å². The third kappa shape index (κ3) is 3.52. The Morgan fingerprint density at radius 1 is 1.53 bits per heavy atom. The summed E-state index contributed by atoms with van der Waals surface area (Å²) in [5, 5.41) is 6.59. The Balaban J connectivity index is 1.88. The molecule has 0 bridgehead atoms. The Hall–Kier alpha value is -1.93. The number of anilines is 1. The molecule has 2 amide bonds. The zero-order valence-electron chi connectivity index (χ0n) is 10.4. The van der Waals surface area contributed by atoms with Crippen LogP contribution in [0.3, 0.4) is 0 Å². The van der Waals surface area contributed by atoms with Crippen molar-refractivity contribution >= 4 is 17.5 Å². The summed E-state index contributed by atoms with van der Waals surface area (Å²) in [6.45, 7) is 0.394. The van der Waals surface area contributed by atoms with Gasteiger partial charge in [0.05, 0.1) is 18.0 Å². The molecule has 0 spiro atoms. The van der Waals surface area contributed by atoms with Gasteiger partial charge in [-0.15, -0.1) is 0 Å². The number of aromatic nitrogens is 2. The smallest absolute Gasteiger partial charge is 0.253 e. The normalized spacial score (nSPS) is 22.4. The lowest BCUT2D eigenvalue weighted by Gasteiger charge is -2.11. The number of nitrogens with zero attached hydrogens (tertiary/aromatic N) is 2. The average molecular weight is 267 g/mol. The SMILES string of the molecule is NCC1CCC(C(=O)Nc2cnn(CC(N)=O)c2)O1. The van der Waals surface area contributed by atoms with Crippen molar-refractivity contribution in [2.45, 2.75) is 31.6 Å². The van der Waals surface area contributed by atoms with Crippen molar-refractivity contribution in [1.82, 2.24) is 9.78 Å². The summed E-state index contributed by atoms with van der Waals surface area (Å²) in [5.74, 6) is -0.722. The maximum Gasteiger partial charge on any atom is 0.253 e. The van der Waals surface area contributed by atoms with Gasteiger partial charge in [0.1, 0.15) is 12.6 Å². The number of nitrogens with one attached hydrogen (secondary N) is 1. The van der Waals surface area contributed by atoms with Gasteiger partial charge < -0.3 is 21.5 Å². The first-order valence-corrected chi connectivity index (χ1v) is 6.05. The van der Waals surface area contributed by atoms with Gasteiger partial charge in [0, 0.05) is 12.7 Å². The van der Waals surface area contributed by atoms with Crippen LogP contribution in [0.4, 0.5) is 5.69 Å². The van der Waals surface area contributed by atoms with E-state index in [4.69, 9.17) is 16.2 Å². The van der Waals surface area contributed by atoms with E-state index in [1.807, 2.05) is 0 Å². The molecule has 0 aliphatic carbocycles. The minimum Gasteiger partial charge on any atom is -0.368 e. The van der Waals surface area contributed by atoms with Gasteiger partial charge in [0.25, 0.3) is 5.91 Å². The summed E-state index contributed by atoms with van der Waals surface area (Å²) in [4.78, 5) is 22.6. The van der Waals surface area contributed by atoms with E-state index in [1.54, 1.807) is 0 Å². The van der Waals surface area contributed by atoms with Gasteiger partial charge in [-0.2, -0.15) is 5.10 Å². The van der Waals surface area contributed by atoms with Crippen LogP contribution in [0.2, 0.25) is 0 Å². The van der Waals surface area contributed by atoms with Crippen molar-refractivity contribution in [3.05, 3.63) is 12.4 Å². The second kappa shape index (κ2) is 5.81. The van der Waals surface area contributed by atoms with Crippen LogP contribution in [-0.4, -0.2) is 40.3 Å². The maximum atomic E-state index is 11.9. The minimum absolute atomic E-state index is 0.0228. The van der Waals surface area contributed by atoms with Gasteiger partial charge in [-0.05, 0) is 12.8 Å². The Bertz CT molecular complexity index is 473. The molecule has 5 N–H and O–H groups in total. The number of rotatable bonds is 5. The second-order valence-electron chi connectivity index (χ2n) is 4.44. The van der Waals surface area contributed by atoms with E-state index in [1.165, 1.54) is 17.1 Å². The van der Waals surface area contributed by atoms with Gasteiger partial charge in [-0.3, -0.25) is 14.3 Å². The molecule has 1 fully saturated rings. The van der Waals surface area contributed by atoms with E-state index in [-0.39, 0.29) is 18.6 Å². The molecule has 1 aromatic heterocycles. The lowest BCUT2D eigenvalue weighted by atomic mass is 10.2. The first-order valence-electron chi connectivity index (χ1n) is 6.05. The topological polar surface area (TPSA) is 125 Å². The first-order chi connectivity index (χ1) is 9.08. The monoisotopic (exact) mass is 267 g/mol.